The molecule has 0 saturated carbocycles. The van der Waals surface area contributed by atoms with E-state index in [1.54, 1.807) is 18.2 Å². The zero-order valence-electron chi connectivity index (χ0n) is 12.6. The fourth-order valence-electron chi connectivity index (χ4n) is 2.01. The van der Waals surface area contributed by atoms with Gasteiger partial charge in [-0.1, -0.05) is 55.3 Å². The number of unbranched alkanes of at least 4 members (excludes halogenated alkanes) is 1. The van der Waals surface area contributed by atoms with Crippen LogP contribution in [0.5, 0.6) is 5.75 Å². The van der Waals surface area contributed by atoms with Gasteiger partial charge >= 0.3 is 0 Å². The largest absolute Gasteiger partial charge is 0.493 e. The van der Waals surface area contributed by atoms with Gasteiger partial charge in [-0.05, 0) is 30.2 Å². The topological polar surface area (TPSA) is 38.3 Å². The number of amides is 1. The summed E-state index contributed by atoms with van der Waals surface area (Å²) in [7, 11) is 0. The Kier molecular flexibility index (Phi) is 6.28. The van der Waals surface area contributed by atoms with Crippen LogP contribution < -0.4 is 10.1 Å². The summed E-state index contributed by atoms with van der Waals surface area (Å²) < 4.78 is 5.69. The SMILES string of the molecule is CCCCOc1ccc(Cl)cc1C(=O)NCc1ccccc1. The Morgan fingerprint density at radius 2 is 1.95 bits per heavy atom. The second kappa shape index (κ2) is 8.44. The number of hydrogen-bond acceptors (Lipinski definition) is 2. The lowest BCUT2D eigenvalue weighted by molar-refractivity contribution is 0.0946. The van der Waals surface area contributed by atoms with Crippen LogP contribution in [0.2, 0.25) is 5.02 Å². The molecular formula is C18H20ClNO2. The van der Waals surface area contributed by atoms with Gasteiger partial charge in [-0.25, -0.2) is 0 Å². The van der Waals surface area contributed by atoms with E-state index in [4.69, 9.17) is 16.3 Å². The number of carbonyl (C=O) groups is 1. The molecular weight excluding hydrogens is 298 g/mol. The van der Waals surface area contributed by atoms with Gasteiger partial charge in [0, 0.05) is 11.6 Å². The average molecular weight is 318 g/mol. The van der Waals surface area contributed by atoms with Crippen molar-refractivity contribution in [2.24, 2.45) is 0 Å². The van der Waals surface area contributed by atoms with Gasteiger partial charge in [0.1, 0.15) is 5.75 Å². The number of halogens is 1. The highest BCUT2D eigenvalue weighted by molar-refractivity contribution is 6.31. The highest BCUT2D eigenvalue weighted by Crippen LogP contribution is 2.23. The predicted molar refractivity (Wildman–Crippen MR) is 89.5 cm³/mol. The van der Waals surface area contributed by atoms with E-state index < -0.39 is 0 Å². The first-order valence-electron chi connectivity index (χ1n) is 7.45. The summed E-state index contributed by atoms with van der Waals surface area (Å²) in [5.41, 5.74) is 1.52. The summed E-state index contributed by atoms with van der Waals surface area (Å²) in [5.74, 6) is 0.390. The summed E-state index contributed by atoms with van der Waals surface area (Å²) in [6.07, 6.45) is 2.00. The molecule has 0 atom stereocenters. The standard InChI is InChI=1S/C18H20ClNO2/c1-2-3-11-22-17-10-9-15(19)12-16(17)18(21)20-13-14-7-5-4-6-8-14/h4-10,12H,2-3,11,13H2,1H3,(H,20,21). The number of benzene rings is 2. The predicted octanol–water partition coefficient (Wildman–Crippen LogP) is 4.45. The molecule has 0 aliphatic heterocycles. The van der Waals surface area contributed by atoms with E-state index in [0.717, 1.165) is 18.4 Å². The molecule has 0 aliphatic rings. The third kappa shape index (κ3) is 4.78. The van der Waals surface area contributed by atoms with Gasteiger partial charge in [-0.2, -0.15) is 0 Å². The lowest BCUT2D eigenvalue weighted by Crippen LogP contribution is -2.23. The van der Waals surface area contributed by atoms with E-state index in [-0.39, 0.29) is 5.91 Å². The molecule has 0 heterocycles. The minimum Gasteiger partial charge on any atom is -0.493 e. The van der Waals surface area contributed by atoms with Crippen molar-refractivity contribution in [3.63, 3.8) is 0 Å². The summed E-state index contributed by atoms with van der Waals surface area (Å²) in [6, 6.07) is 14.9. The first kappa shape index (κ1) is 16.4. The molecule has 1 amide bonds. The molecule has 4 heteroatoms. The number of rotatable bonds is 7. The van der Waals surface area contributed by atoms with E-state index in [1.807, 2.05) is 30.3 Å². The Morgan fingerprint density at radius 1 is 1.18 bits per heavy atom. The normalized spacial score (nSPS) is 10.3. The summed E-state index contributed by atoms with van der Waals surface area (Å²) in [5, 5.41) is 3.42. The summed E-state index contributed by atoms with van der Waals surface area (Å²) in [4.78, 5) is 12.4. The minimum absolute atomic E-state index is 0.183. The molecule has 2 aromatic rings. The monoisotopic (exact) mass is 317 g/mol. The Balaban J connectivity index is 2.05. The van der Waals surface area contributed by atoms with Crippen LogP contribution in [0.3, 0.4) is 0 Å². The molecule has 22 heavy (non-hydrogen) atoms. The second-order valence-corrected chi connectivity index (χ2v) is 5.45. The van der Waals surface area contributed by atoms with Crippen LogP contribution >= 0.6 is 11.6 Å². The van der Waals surface area contributed by atoms with Crippen molar-refractivity contribution in [2.75, 3.05) is 6.61 Å². The van der Waals surface area contributed by atoms with Gasteiger partial charge in [0.2, 0.25) is 0 Å². The van der Waals surface area contributed by atoms with Crippen LogP contribution in [-0.2, 0) is 6.54 Å². The molecule has 2 rings (SSSR count). The van der Waals surface area contributed by atoms with Gasteiger partial charge in [0.15, 0.2) is 0 Å². The van der Waals surface area contributed by atoms with Gasteiger partial charge < -0.3 is 10.1 Å². The van der Waals surface area contributed by atoms with Crippen LogP contribution in [0.25, 0.3) is 0 Å². The lowest BCUT2D eigenvalue weighted by atomic mass is 10.1. The Labute approximate surface area is 136 Å². The van der Waals surface area contributed by atoms with Crippen molar-refractivity contribution in [2.45, 2.75) is 26.3 Å². The summed E-state index contributed by atoms with van der Waals surface area (Å²) in [6.45, 7) is 3.16. The molecule has 0 radical (unpaired) electrons. The second-order valence-electron chi connectivity index (χ2n) is 5.01. The van der Waals surface area contributed by atoms with Crippen LogP contribution in [0.15, 0.2) is 48.5 Å². The van der Waals surface area contributed by atoms with Crippen molar-refractivity contribution in [1.82, 2.24) is 5.32 Å². The fraction of sp³-hybridized carbons (Fsp3) is 0.278. The maximum Gasteiger partial charge on any atom is 0.255 e. The van der Waals surface area contributed by atoms with Gasteiger partial charge in [0.25, 0.3) is 5.91 Å². The van der Waals surface area contributed by atoms with Crippen LogP contribution in [0.4, 0.5) is 0 Å². The van der Waals surface area contributed by atoms with Gasteiger partial charge in [0.05, 0.1) is 12.2 Å². The Bertz CT molecular complexity index is 614. The molecule has 0 saturated heterocycles. The quantitative estimate of drug-likeness (QED) is 0.766. The maximum absolute atomic E-state index is 12.4. The van der Waals surface area contributed by atoms with Gasteiger partial charge in [-0.3, -0.25) is 4.79 Å². The third-order valence-electron chi connectivity index (χ3n) is 3.24. The van der Waals surface area contributed by atoms with E-state index in [1.165, 1.54) is 0 Å². The average Bonchev–Trinajstić information content (AvgIpc) is 2.55. The highest BCUT2D eigenvalue weighted by atomic mass is 35.5. The zero-order chi connectivity index (χ0) is 15.8. The molecule has 0 unspecified atom stereocenters. The van der Waals surface area contributed by atoms with Crippen molar-refractivity contribution >= 4 is 17.5 Å². The smallest absolute Gasteiger partial charge is 0.255 e. The molecule has 2 aromatic carbocycles. The van der Waals surface area contributed by atoms with E-state index in [0.29, 0.717) is 29.5 Å². The molecule has 1 N–H and O–H groups in total. The Hall–Kier alpha value is -2.00. The molecule has 0 aromatic heterocycles. The van der Waals surface area contributed by atoms with Crippen LogP contribution in [-0.4, -0.2) is 12.5 Å². The molecule has 3 nitrogen and oxygen atoms in total. The van der Waals surface area contributed by atoms with E-state index >= 15 is 0 Å². The highest BCUT2D eigenvalue weighted by Gasteiger charge is 2.13. The first-order chi connectivity index (χ1) is 10.7. The zero-order valence-corrected chi connectivity index (χ0v) is 13.4. The molecule has 116 valence electrons. The molecule has 0 aliphatic carbocycles. The number of ether oxygens (including phenoxy) is 1. The Morgan fingerprint density at radius 3 is 2.68 bits per heavy atom. The molecule has 0 fully saturated rings. The number of nitrogens with one attached hydrogen (secondary N) is 1. The molecule has 0 spiro atoms. The first-order valence-corrected chi connectivity index (χ1v) is 7.83. The van der Waals surface area contributed by atoms with Crippen LogP contribution in [0, 0.1) is 0 Å². The molecule has 0 bridgehead atoms. The van der Waals surface area contributed by atoms with Crippen molar-refractivity contribution < 1.29 is 9.53 Å². The van der Waals surface area contributed by atoms with Crippen molar-refractivity contribution in [3.8, 4) is 5.75 Å². The van der Waals surface area contributed by atoms with E-state index in [2.05, 4.69) is 12.2 Å². The van der Waals surface area contributed by atoms with Gasteiger partial charge in [-0.15, -0.1) is 0 Å². The number of hydrogen-bond donors (Lipinski definition) is 1. The lowest BCUT2D eigenvalue weighted by Gasteiger charge is -2.12. The fourth-order valence-corrected chi connectivity index (χ4v) is 2.18. The van der Waals surface area contributed by atoms with Crippen molar-refractivity contribution in [3.05, 3.63) is 64.7 Å². The number of carbonyl (C=O) groups excluding carboxylic acids is 1. The van der Waals surface area contributed by atoms with Crippen molar-refractivity contribution in [1.29, 1.82) is 0 Å². The minimum atomic E-state index is -0.183. The third-order valence-corrected chi connectivity index (χ3v) is 3.47. The van der Waals surface area contributed by atoms with Crippen LogP contribution in [0.1, 0.15) is 35.7 Å². The maximum atomic E-state index is 12.4. The van der Waals surface area contributed by atoms with E-state index in [9.17, 15) is 4.79 Å². The summed E-state index contributed by atoms with van der Waals surface area (Å²) >= 11 is 6.00.